The number of pyridine rings is 1. The molecule has 8 nitrogen and oxygen atoms in total. The number of fused-ring (bicyclic) bond motifs is 2. The Balaban J connectivity index is 1.09. The lowest BCUT2D eigenvalue weighted by molar-refractivity contribution is -0.136. The summed E-state index contributed by atoms with van der Waals surface area (Å²) in [5.74, 6) is -0.493. The first-order chi connectivity index (χ1) is 17.4. The topological polar surface area (TPSA) is 91.8 Å². The van der Waals surface area contributed by atoms with E-state index in [1.807, 2.05) is 12.1 Å². The van der Waals surface area contributed by atoms with Crippen LogP contribution in [-0.2, 0) is 22.7 Å². The second-order valence-corrected chi connectivity index (χ2v) is 9.63. The molecule has 9 heteroatoms. The molecule has 2 fully saturated rings. The number of amides is 3. The third kappa shape index (κ3) is 4.19. The number of aromatic nitrogens is 1. The van der Waals surface area contributed by atoms with Gasteiger partial charge in [-0.15, -0.1) is 0 Å². The van der Waals surface area contributed by atoms with Gasteiger partial charge in [-0.3, -0.25) is 29.6 Å². The molecule has 1 N–H and O–H groups in total. The number of carbonyl (C=O) groups is 3. The number of ether oxygens (including phenoxy) is 1. The van der Waals surface area contributed by atoms with Crippen molar-refractivity contribution in [1.82, 2.24) is 20.1 Å². The number of benzene rings is 2. The van der Waals surface area contributed by atoms with Gasteiger partial charge in [-0.2, -0.15) is 0 Å². The molecule has 3 amide bonds. The van der Waals surface area contributed by atoms with E-state index >= 15 is 0 Å². The van der Waals surface area contributed by atoms with E-state index in [0.29, 0.717) is 41.7 Å². The van der Waals surface area contributed by atoms with Gasteiger partial charge in [-0.05, 0) is 60.4 Å². The summed E-state index contributed by atoms with van der Waals surface area (Å²) in [6.45, 7) is 2.57. The van der Waals surface area contributed by atoms with Crippen molar-refractivity contribution in [1.29, 1.82) is 0 Å². The van der Waals surface area contributed by atoms with Crippen molar-refractivity contribution in [2.24, 2.45) is 0 Å². The normalized spacial score (nSPS) is 22.2. The SMILES string of the molecule is O=C1CCC(N2Cc3cc(O[C@H]4CCN(Cc5cnc6cccc(F)c6c5)C4)ccc3C2=O)C(=O)N1. The Kier molecular flexibility index (Phi) is 5.64. The van der Waals surface area contributed by atoms with E-state index in [1.54, 1.807) is 30.5 Å². The molecule has 0 aliphatic carbocycles. The lowest BCUT2D eigenvalue weighted by Gasteiger charge is -2.29. The smallest absolute Gasteiger partial charge is 0.255 e. The predicted octanol–water partition coefficient (Wildman–Crippen LogP) is 2.79. The molecule has 3 aromatic rings. The molecule has 184 valence electrons. The Morgan fingerprint density at radius 2 is 2.00 bits per heavy atom. The maximum absolute atomic E-state index is 14.1. The van der Waals surface area contributed by atoms with Crippen LogP contribution in [-0.4, -0.2) is 57.7 Å². The van der Waals surface area contributed by atoms with Gasteiger partial charge in [-0.1, -0.05) is 6.07 Å². The van der Waals surface area contributed by atoms with E-state index in [2.05, 4.69) is 15.2 Å². The number of imide groups is 1. The highest BCUT2D eigenvalue weighted by atomic mass is 19.1. The van der Waals surface area contributed by atoms with Crippen LogP contribution in [0.15, 0.2) is 48.7 Å². The van der Waals surface area contributed by atoms with Crippen molar-refractivity contribution in [3.05, 3.63) is 71.2 Å². The number of halogens is 1. The van der Waals surface area contributed by atoms with E-state index in [1.165, 1.54) is 11.0 Å². The summed E-state index contributed by atoms with van der Waals surface area (Å²) in [5, 5.41) is 2.85. The molecule has 2 saturated heterocycles. The van der Waals surface area contributed by atoms with Gasteiger partial charge in [0.05, 0.1) is 5.52 Å². The van der Waals surface area contributed by atoms with Gasteiger partial charge < -0.3 is 9.64 Å². The quantitative estimate of drug-likeness (QED) is 0.556. The highest BCUT2D eigenvalue weighted by Crippen LogP contribution is 2.31. The fourth-order valence-corrected chi connectivity index (χ4v) is 5.35. The highest BCUT2D eigenvalue weighted by molar-refractivity contribution is 6.05. The number of nitrogens with zero attached hydrogens (tertiary/aromatic N) is 3. The summed E-state index contributed by atoms with van der Waals surface area (Å²) in [4.78, 5) is 44.8. The summed E-state index contributed by atoms with van der Waals surface area (Å²) < 4.78 is 20.4. The number of piperidine rings is 1. The Morgan fingerprint density at radius 1 is 1.11 bits per heavy atom. The summed E-state index contributed by atoms with van der Waals surface area (Å²) in [7, 11) is 0. The standard InChI is InChI=1S/C27H25FN4O4/c28-22-2-1-3-23-21(22)10-16(12-29-23)13-31-9-8-19(15-31)36-18-4-5-20-17(11-18)14-32(27(20)35)24-6-7-25(33)30-26(24)34/h1-5,10-12,19,24H,6-9,13-15H2,(H,30,33,34)/t19-,24?/m0/s1. The van der Waals surface area contributed by atoms with E-state index in [9.17, 15) is 18.8 Å². The van der Waals surface area contributed by atoms with Crippen molar-refractivity contribution in [2.75, 3.05) is 13.1 Å². The number of hydrogen-bond donors (Lipinski definition) is 1. The zero-order valence-electron chi connectivity index (χ0n) is 19.6. The summed E-state index contributed by atoms with van der Waals surface area (Å²) in [6, 6.07) is 11.6. The van der Waals surface area contributed by atoms with Crippen LogP contribution < -0.4 is 10.1 Å². The number of hydrogen-bond acceptors (Lipinski definition) is 6. The van der Waals surface area contributed by atoms with Gasteiger partial charge in [0, 0.05) is 49.7 Å². The van der Waals surface area contributed by atoms with E-state index in [4.69, 9.17) is 4.74 Å². The van der Waals surface area contributed by atoms with E-state index < -0.39 is 11.9 Å². The monoisotopic (exact) mass is 488 g/mol. The van der Waals surface area contributed by atoms with Gasteiger partial charge in [-0.25, -0.2) is 4.39 Å². The van der Waals surface area contributed by atoms with Gasteiger partial charge in [0.1, 0.15) is 23.7 Å². The first-order valence-electron chi connectivity index (χ1n) is 12.1. The van der Waals surface area contributed by atoms with Gasteiger partial charge in [0.25, 0.3) is 5.91 Å². The van der Waals surface area contributed by atoms with Crippen LogP contribution in [0.5, 0.6) is 5.75 Å². The molecule has 1 aromatic heterocycles. The third-order valence-electron chi connectivity index (χ3n) is 7.16. The zero-order chi connectivity index (χ0) is 24.8. The average molecular weight is 489 g/mol. The highest BCUT2D eigenvalue weighted by Gasteiger charge is 2.39. The molecule has 4 heterocycles. The van der Waals surface area contributed by atoms with Crippen LogP contribution >= 0.6 is 0 Å². The minimum absolute atomic E-state index is 0.00320. The minimum Gasteiger partial charge on any atom is -0.489 e. The molecule has 1 unspecified atom stereocenters. The molecule has 0 bridgehead atoms. The van der Waals surface area contributed by atoms with Gasteiger partial charge in [0.15, 0.2) is 0 Å². The van der Waals surface area contributed by atoms with Crippen molar-refractivity contribution in [3.8, 4) is 5.75 Å². The molecule has 0 radical (unpaired) electrons. The summed E-state index contributed by atoms with van der Waals surface area (Å²) in [5.41, 5.74) is 2.99. The second-order valence-electron chi connectivity index (χ2n) is 9.63. The Morgan fingerprint density at radius 3 is 2.86 bits per heavy atom. The van der Waals surface area contributed by atoms with Gasteiger partial charge in [0.2, 0.25) is 11.8 Å². The minimum atomic E-state index is -0.631. The molecular weight excluding hydrogens is 463 g/mol. The molecular formula is C27H25FN4O4. The molecule has 3 aliphatic rings. The van der Waals surface area contributed by atoms with Crippen LogP contribution in [0.1, 0.15) is 40.7 Å². The molecule has 36 heavy (non-hydrogen) atoms. The first-order valence-corrected chi connectivity index (χ1v) is 12.1. The Hall–Kier alpha value is -3.85. The van der Waals surface area contributed by atoms with Crippen LogP contribution in [0.25, 0.3) is 10.9 Å². The van der Waals surface area contributed by atoms with Gasteiger partial charge >= 0.3 is 0 Å². The molecule has 0 spiro atoms. The van der Waals surface area contributed by atoms with Crippen LogP contribution in [0.2, 0.25) is 0 Å². The average Bonchev–Trinajstić information content (AvgIpc) is 3.43. The predicted molar refractivity (Wildman–Crippen MR) is 128 cm³/mol. The first kappa shape index (κ1) is 22.6. The zero-order valence-corrected chi connectivity index (χ0v) is 19.6. The van der Waals surface area contributed by atoms with Crippen molar-refractivity contribution in [3.63, 3.8) is 0 Å². The number of carbonyl (C=O) groups excluding carboxylic acids is 3. The largest absolute Gasteiger partial charge is 0.489 e. The maximum Gasteiger partial charge on any atom is 0.255 e. The molecule has 0 saturated carbocycles. The molecule has 2 atom stereocenters. The van der Waals surface area contributed by atoms with Crippen LogP contribution in [0, 0.1) is 5.82 Å². The lowest BCUT2D eigenvalue weighted by Crippen LogP contribution is -2.52. The maximum atomic E-state index is 14.1. The molecule has 3 aliphatic heterocycles. The van der Waals surface area contributed by atoms with Crippen molar-refractivity contribution >= 4 is 28.6 Å². The fourth-order valence-electron chi connectivity index (χ4n) is 5.35. The molecule has 6 rings (SSSR count). The van der Waals surface area contributed by atoms with E-state index in [-0.39, 0.29) is 30.2 Å². The van der Waals surface area contributed by atoms with Crippen LogP contribution in [0.3, 0.4) is 0 Å². The second kappa shape index (κ2) is 8.98. The lowest BCUT2D eigenvalue weighted by atomic mass is 10.0. The van der Waals surface area contributed by atoms with Crippen molar-refractivity contribution in [2.45, 2.75) is 44.5 Å². The Labute approximate surface area is 207 Å². The summed E-state index contributed by atoms with van der Waals surface area (Å²) in [6.07, 6.45) is 3.21. The molecule has 2 aromatic carbocycles. The number of rotatable bonds is 5. The third-order valence-corrected chi connectivity index (χ3v) is 7.16. The fraction of sp³-hybridized carbons (Fsp3) is 0.333. The number of nitrogens with one attached hydrogen (secondary N) is 1. The van der Waals surface area contributed by atoms with E-state index in [0.717, 1.165) is 30.6 Å². The summed E-state index contributed by atoms with van der Waals surface area (Å²) >= 11 is 0. The number of likely N-dealkylation sites (tertiary alicyclic amines) is 1. The van der Waals surface area contributed by atoms with Crippen LogP contribution in [0.4, 0.5) is 4.39 Å². The Bertz CT molecular complexity index is 1390. The van der Waals surface area contributed by atoms with Crippen molar-refractivity contribution < 1.29 is 23.5 Å².